The molecule has 0 aliphatic rings. The van der Waals surface area contributed by atoms with Gasteiger partial charge >= 0.3 is 0 Å². The maximum absolute atomic E-state index is 11.7. The maximum Gasteiger partial charge on any atom is 0.298 e. The molecule has 2 N–H and O–H groups in total. The fourth-order valence-corrected chi connectivity index (χ4v) is 3.96. The Kier molecular flexibility index (Phi) is 9.48. The van der Waals surface area contributed by atoms with E-state index in [0.29, 0.717) is 17.7 Å². The number of benzene rings is 2. The van der Waals surface area contributed by atoms with E-state index in [4.69, 9.17) is 4.74 Å². The second kappa shape index (κ2) is 11.8. The van der Waals surface area contributed by atoms with Gasteiger partial charge < -0.3 is 9.84 Å². The van der Waals surface area contributed by atoms with Gasteiger partial charge in [0.05, 0.1) is 0 Å². The van der Waals surface area contributed by atoms with Crippen LogP contribution >= 0.6 is 0 Å². The van der Waals surface area contributed by atoms with E-state index in [2.05, 4.69) is 6.92 Å². The third-order valence-electron chi connectivity index (χ3n) is 4.92. The van der Waals surface area contributed by atoms with Crippen LogP contribution in [-0.4, -0.2) is 18.1 Å². The van der Waals surface area contributed by atoms with Crippen LogP contribution in [0.15, 0.2) is 47.4 Å². The lowest BCUT2D eigenvalue weighted by molar-refractivity contribution is 0.395. The molecule has 0 fully saturated rings. The number of ether oxygens (including phenoxy) is 1. The second-order valence-corrected chi connectivity index (χ2v) is 8.80. The molecular weight excluding hydrogens is 388 g/mol. The molecule has 0 atom stereocenters. The van der Waals surface area contributed by atoms with E-state index < -0.39 is 20.8 Å². The van der Waals surface area contributed by atoms with Gasteiger partial charge in [-0.3, -0.25) is 4.55 Å². The fraction of sp³-hybridized carbons (Fsp3) is 0.478. The number of rotatable bonds is 13. The first kappa shape index (κ1) is 23.2. The number of hydrogen-bond donors (Lipinski definition) is 2. The van der Waals surface area contributed by atoms with Crippen molar-refractivity contribution in [1.29, 1.82) is 0 Å². The zero-order valence-electron chi connectivity index (χ0n) is 17.1. The van der Waals surface area contributed by atoms with E-state index in [1.165, 1.54) is 44.6 Å². The summed E-state index contributed by atoms with van der Waals surface area (Å²) in [6.07, 6.45) is 11.4. The monoisotopic (exact) mass is 420 g/mol. The van der Waals surface area contributed by atoms with Crippen LogP contribution in [0.25, 0.3) is 0 Å². The molecule has 0 spiro atoms. The van der Waals surface area contributed by atoms with E-state index >= 15 is 0 Å². The summed E-state index contributed by atoms with van der Waals surface area (Å²) in [7, 11) is -4.55. The zero-order chi connectivity index (χ0) is 21.1. The number of unbranched alkanes of at least 4 members (excludes halogenated alkanes) is 8. The lowest BCUT2D eigenvalue weighted by Crippen LogP contribution is -2.02. The van der Waals surface area contributed by atoms with Crippen LogP contribution in [0.2, 0.25) is 0 Å². The highest BCUT2D eigenvalue weighted by atomic mass is 32.2. The minimum atomic E-state index is -4.55. The van der Waals surface area contributed by atoms with Crippen molar-refractivity contribution >= 4 is 10.1 Å². The van der Waals surface area contributed by atoms with E-state index in [-0.39, 0.29) is 5.75 Å². The van der Waals surface area contributed by atoms with Gasteiger partial charge in [0.1, 0.15) is 10.6 Å². The molecule has 2 rings (SSSR count). The number of hydrogen-bond acceptors (Lipinski definition) is 4. The summed E-state index contributed by atoms with van der Waals surface area (Å²) in [6, 6.07) is 11.8. The summed E-state index contributed by atoms with van der Waals surface area (Å²) in [5.41, 5.74) is 0.712. The average molecular weight is 421 g/mol. The van der Waals surface area contributed by atoms with Crippen LogP contribution in [0, 0.1) is 0 Å². The molecule has 0 heterocycles. The van der Waals surface area contributed by atoms with Crippen molar-refractivity contribution in [2.24, 2.45) is 0 Å². The zero-order valence-corrected chi connectivity index (χ0v) is 18.0. The Morgan fingerprint density at radius 1 is 0.862 bits per heavy atom. The van der Waals surface area contributed by atoms with Crippen LogP contribution in [0.4, 0.5) is 0 Å². The highest BCUT2D eigenvalue weighted by Gasteiger charge is 2.21. The Labute approximate surface area is 174 Å². The predicted molar refractivity (Wildman–Crippen MR) is 115 cm³/mol. The molecule has 5 nitrogen and oxygen atoms in total. The van der Waals surface area contributed by atoms with Gasteiger partial charge in [-0.2, -0.15) is 8.42 Å². The molecular formula is C23H32O5S. The Morgan fingerprint density at radius 3 is 2.03 bits per heavy atom. The molecule has 0 unspecified atom stereocenters. The summed E-state index contributed by atoms with van der Waals surface area (Å²) in [5, 5.41) is 10.3. The number of para-hydroxylation sites is 1. The molecule has 160 valence electrons. The van der Waals surface area contributed by atoms with Crippen molar-refractivity contribution in [1.82, 2.24) is 0 Å². The summed E-state index contributed by atoms with van der Waals surface area (Å²) in [4.78, 5) is -0.517. The van der Waals surface area contributed by atoms with Crippen molar-refractivity contribution in [3.05, 3.63) is 48.0 Å². The first-order chi connectivity index (χ1) is 13.9. The highest BCUT2D eigenvalue weighted by molar-refractivity contribution is 7.86. The van der Waals surface area contributed by atoms with Gasteiger partial charge in [0, 0.05) is 0 Å². The van der Waals surface area contributed by atoms with E-state index in [9.17, 15) is 18.1 Å². The third kappa shape index (κ3) is 8.07. The molecule has 0 saturated heterocycles. The minimum Gasteiger partial charge on any atom is -0.503 e. The largest absolute Gasteiger partial charge is 0.503 e. The van der Waals surface area contributed by atoms with Crippen LogP contribution < -0.4 is 4.74 Å². The normalized spacial score (nSPS) is 11.5. The van der Waals surface area contributed by atoms with Gasteiger partial charge in [0.25, 0.3) is 10.1 Å². The minimum absolute atomic E-state index is 0.0252. The van der Waals surface area contributed by atoms with Crippen molar-refractivity contribution < 1.29 is 22.8 Å². The predicted octanol–water partition coefficient (Wildman–Crippen LogP) is 6.50. The lowest BCUT2D eigenvalue weighted by Gasteiger charge is -2.13. The molecule has 29 heavy (non-hydrogen) atoms. The van der Waals surface area contributed by atoms with Gasteiger partial charge in [-0.1, -0.05) is 76.5 Å². The summed E-state index contributed by atoms with van der Waals surface area (Å²) in [5.74, 6) is -0.0752. The van der Waals surface area contributed by atoms with Gasteiger partial charge in [-0.15, -0.1) is 0 Å². The first-order valence-electron chi connectivity index (χ1n) is 10.5. The van der Waals surface area contributed by atoms with Crippen LogP contribution in [0.1, 0.15) is 70.3 Å². The highest BCUT2D eigenvalue weighted by Crippen LogP contribution is 2.37. The Hall–Kier alpha value is -2.05. The quantitative estimate of drug-likeness (QED) is 0.285. The van der Waals surface area contributed by atoms with Crippen molar-refractivity contribution in [3.63, 3.8) is 0 Å². The fourth-order valence-electron chi connectivity index (χ4n) is 3.31. The van der Waals surface area contributed by atoms with Crippen LogP contribution in [-0.2, 0) is 16.5 Å². The number of aromatic hydroxyl groups is 1. The lowest BCUT2D eigenvalue weighted by atomic mass is 10.0. The Balaban J connectivity index is 1.97. The van der Waals surface area contributed by atoms with E-state index in [1.54, 1.807) is 30.3 Å². The maximum atomic E-state index is 11.7. The molecule has 0 bridgehead atoms. The molecule has 0 aliphatic carbocycles. The van der Waals surface area contributed by atoms with Gasteiger partial charge in [0.2, 0.25) is 0 Å². The van der Waals surface area contributed by atoms with Crippen molar-refractivity contribution in [3.8, 4) is 17.2 Å². The van der Waals surface area contributed by atoms with Crippen LogP contribution in [0.3, 0.4) is 0 Å². The van der Waals surface area contributed by atoms with Gasteiger partial charge in [-0.05, 0) is 42.7 Å². The molecule has 6 heteroatoms. The van der Waals surface area contributed by atoms with Crippen molar-refractivity contribution in [2.75, 3.05) is 0 Å². The van der Waals surface area contributed by atoms with Gasteiger partial charge in [0.15, 0.2) is 11.5 Å². The summed E-state index contributed by atoms with van der Waals surface area (Å²) < 4.78 is 38.5. The molecule has 0 aromatic heterocycles. The summed E-state index contributed by atoms with van der Waals surface area (Å²) in [6.45, 7) is 2.22. The average Bonchev–Trinajstić information content (AvgIpc) is 2.69. The SMILES string of the molecule is CCCCCCCCCCCc1cc(Oc2ccccc2)c(O)c(S(=O)(=O)O)c1. The molecule has 0 radical (unpaired) electrons. The van der Waals surface area contributed by atoms with Gasteiger partial charge in [-0.25, -0.2) is 0 Å². The molecule has 0 aliphatic heterocycles. The standard InChI is InChI=1S/C23H32O5S/c1-2-3-4-5-6-7-8-9-11-14-19-17-21(28-20-15-12-10-13-16-20)23(24)22(18-19)29(25,26)27/h10,12-13,15-18,24H,2-9,11,14H2,1H3,(H,25,26,27). The topological polar surface area (TPSA) is 83.8 Å². The summed E-state index contributed by atoms with van der Waals surface area (Å²) >= 11 is 0. The third-order valence-corrected chi connectivity index (χ3v) is 5.78. The number of aryl methyl sites for hydroxylation is 1. The molecule has 0 saturated carbocycles. The smallest absolute Gasteiger partial charge is 0.298 e. The number of phenolic OH excluding ortho intramolecular Hbond substituents is 1. The van der Waals surface area contributed by atoms with E-state index in [1.807, 2.05) is 6.07 Å². The number of phenols is 1. The second-order valence-electron chi connectivity index (χ2n) is 7.41. The Morgan fingerprint density at radius 2 is 1.45 bits per heavy atom. The molecule has 2 aromatic rings. The van der Waals surface area contributed by atoms with Crippen molar-refractivity contribution in [2.45, 2.75) is 76.0 Å². The molecule has 2 aromatic carbocycles. The van der Waals surface area contributed by atoms with Crippen LogP contribution in [0.5, 0.6) is 17.2 Å². The Bertz CT molecular complexity index is 847. The molecule has 0 amide bonds. The van der Waals surface area contributed by atoms with E-state index in [0.717, 1.165) is 19.3 Å². The first-order valence-corrected chi connectivity index (χ1v) is 11.9.